The molecule has 0 unspecified atom stereocenters. The van der Waals surface area contributed by atoms with Crippen molar-refractivity contribution in [3.8, 4) is 5.75 Å². The van der Waals surface area contributed by atoms with Crippen LogP contribution < -0.4 is 0 Å². The van der Waals surface area contributed by atoms with Gasteiger partial charge in [0.05, 0.1) is 17.3 Å². The number of nitrogens with zero attached hydrogens (tertiary/aromatic N) is 4. The van der Waals surface area contributed by atoms with Crippen LogP contribution in [0.4, 0.5) is 4.39 Å². The summed E-state index contributed by atoms with van der Waals surface area (Å²) in [7, 11) is -4.10. The van der Waals surface area contributed by atoms with Crippen LogP contribution in [0.25, 0.3) is 10.9 Å². The number of halogens is 1. The Bertz CT molecular complexity index is 1420. The first kappa shape index (κ1) is 25.3. The Balaban J connectivity index is 1.44. The number of amides is 2. The van der Waals surface area contributed by atoms with E-state index in [0.29, 0.717) is 48.3 Å². The molecule has 2 aromatic carbocycles. The maximum Gasteiger partial charge on any atom is 0.326 e. The number of pyridine rings is 1. The lowest BCUT2D eigenvalue weighted by Crippen LogP contribution is -2.49. The van der Waals surface area contributed by atoms with E-state index in [1.54, 1.807) is 29.2 Å². The maximum atomic E-state index is 13.8. The molecule has 3 aromatic rings. The Labute approximate surface area is 212 Å². The van der Waals surface area contributed by atoms with Crippen molar-refractivity contribution in [3.05, 3.63) is 70.7 Å². The fourth-order valence-electron chi connectivity index (χ4n) is 4.94. The van der Waals surface area contributed by atoms with E-state index in [1.165, 1.54) is 23.2 Å². The summed E-state index contributed by atoms with van der Waals surface area (Å²) in [6, 6.07) is 9.15. The normalized spacial score (nSPS) is 16.5. The molecule has 0 aliphatic carbocycles. The van der Waals surface area contributed by atoms with E-state index in [2.05, 4.69) is 4.98 Å². The van der Waals surface area contributed by atoms with Crippen LogP contribution in [-0.4, -0.2) is 85.3 Å². The molecule has 0 bridgehead atoms. The number of hydrogen-bond donors (Lipinski definition) is 3. The molecule has 0 radical (unpaired) electrons. The zero-order valence-corrected chi connectivity index (χ0v) is 20.8. The Morgan fingerprint density at radius 1 is 1.08 bits per heavy atom. The Hall–Kier alpha value is -3.37. The highest BCUT2D eigenvalue weighted by atomic mass is 31.2. The summed E-state index contributed by atoms with van der Waals surface area (Å²) in [6.45, 7) is 2.14. The summed E-state index contributed by atoms with van der Waals surface area (Å²) >= 11 is 0. The van der Waals surface area contributed by atoms with Gasteiger partial charge in [-0.25, -0.2) is 4.39 Å². The van der Waals surface area contributed by atoms with Crippen molar-refractivity contribution < 1.29 is 33.4 Å². The van der Waals surface area contributed by atoms with Gasteiger partial charge in [-0.05, 0) is 23.8 Å². The Morgan fingerprint density at radius 3 is 2.46 bits per heavy atom. The Kier molecular flexibility index (Phi) is 6.72. The fourth-order valence-corrected chi connectivity index (χ4v) is 5.48. The first-order chi connectivity index (χ1) is 17.6. The van der Waals surface area contributed by atoms with Gasteiger partial charge in [-0.3, -0.25) is 24.0 Å². The van der Waals surface area contributed by atoms with Gasteiger partial charge in [0.25, 0.3) is 11.8 Å². The van der Waals surface area contributed by atoms with Crippen LogP contribution in [-0.2, 0) is 17.7 Å². The SMILES string of the molecule is O=C1c2c(c(C(=O)N3CCN(CCP(=O)(O)O)CC3)c3cccnc3c2O)CN1Cc1ccc(F)cc1. The van der Waals surface area contributed by atoms with E-state index in [1.807, 2.05) is 4.90 Å². The standard InChI is InChI=1S/C25H26FN4O6P/c26-17-5-3-16(4-6-17)14-30-15-19-20(18-2-1-7-27-22(18)23(31)21(19)25(30)33)24(32)29-10-8-28(9-11-29)12-13-37(34,35)36/h1-7,31H,8-15H2,(H2,34,35,36). The maximum absolute atomic E-state index is 13.8. The number of hydrogen-bond acceptors (Lipinski definition) is 6. The highest BCUT2D eigenvalue weighted by Crippen LogP contribution is 2.40. The average Bonchev–Trinajstić information content (AvgIpc) is 3.19. The molecule has 1 fully saturated rings. The first-order valence-electron chi connectivity index (χ1n) is 11.8. The fraction of sp³-hybridized carbons (Fsp3) is 0.320. The smallest absolute Gasteiger partial charge is 0.326 e. The van der Waals surface area contributed by atoms with E-state index in [4.69, 9.17) is 9.79 Å². The van der Waals surface area contributed by atoms with Crippen LogP contribution in [0.15, 0.2) is 42.6 Å². The average molecular weight is 528 g/mol. The molecular formula is C25H26FN4O6P. The molecule has 2 amide bonds. The second-order valence-electron chi connectivity index (χ2n) is 9.29. The number of carbonyl (C=O) groups excluding carboxylic acids is 2. The lowest BCUT2D eigenvalue weighted by molar-refractivity contribution is 0.0641. The van der Waals surface area contributed by atoms with Crippen molar-refractivity contribution in [2.45, 2.75) is 13.1 Å². The van der Waals surface area contributed by atoms with Gasteiger partial charge in [-0.15, -0.1) is 0 Å². The van der Waals surface area contributed by atoms with Crippen LogP contribution in [0.5, 0.6) is 5.75 Å². The predicted octanol–water partition coefficient (Wildman–Crippen LogP) is 2.17. The van der Waals surface area contributed by atoms with Gasteiger partial charge in [0.1, 0.15) is 11.3 Å². The largest absolute Gasteiger partial charge is 0.505 e. The van der Waals surface area contributed by atoms with Crippen molar-refractivity contribution in [3.63, 3.8) is 0 Å². The number of aromatic hydroxyl groups is 1. The third kappa shape index (κ3) is 5.08. The summed E-state index contributed by atoms with van der Waals surface area (Å²) in [6.07, 6.45) is 1.24. The summed E-state index contributed by atoms with van der Waals surface area (Å²) in [5, 5.41) is 11.4. The molecule has 5 rings (SSSR count). The third-order valence-electron chi connectivity index (χ3n) is 6.86. The minimum atomic E-state index is -4.10. The minimum Gasteiger partial charge on any atom is -0.505 e. The van der Waals surface area contributed by atoms with E-state index < -0.39 is 13.5 Å². The first-order valence-corrected chi connectivity index (χ1v) is 13.6. The summed E-state index contributed by atoms with van der Waals surface area (Å²) < 4.78 is 24.5. The molecule has 12 heteroatoms. The number of carbonyl (C=O) groups is 2. The van der Waals surface area contributed by atoms with E-state index in [0.717, 1.165) is 0 Å². The van der Waals surface area contributed by atoms with Gasteiger partial charge in [-0.2, -0.15) is 0 Å². The molecule has 0 atom stereocenters. The minimum absolute atomic E-state index is 0.0527. The number of fused-ring (bicyclic) bond motifs is 2. The van der Waals surface area contributed by atoms with Gasteiger partial charge >= 0.3 is 7.60 Å². The van der Waals surface area contributed by atoms with Crippen molar-refractivity contribution in [2.75, 3.05) is 38.9 Å². The van der Waals surface area contributed by atoms with E-state index in [9.17, 15) is 23.7 Å². The van der Waals surface area contributed by atoms with Crippen LogP contribution in [0, 0.1) is 5.82 Å². The lowest BCUT2D eigenvalue weighted by atomic mass is 9.95. The Morgan fingerprint density at radius 2 is 1.78 bits per heavy atom. The second kappa shape index (κ2) is 9.83. The van der Waals surface area contributed by atoms with Crippen molar-refractivity contribution in [1.29, 1.82) is 0 Å². The van der Waals surface area contributed by atoms with Gasteiger partial charge < -0.3 is 24.7 Å². The molecule has 194 valence electrons. The number of phenols is 1. The van der Waals surface area contributed by atoms with Crippen LogP contribution >= 0.6 is 7.60 Å². The molecule has 2 aliphatic heterocycles. The van der Waals surface area contributed by atoms with Gasteiger partial charge in [-0.1, -0.05) is 18.2 Å². The molecule has 0 spiro atoms. The zero-order valence-electron chi connectivity index (χ0n) is 19.9. The summed E-state index contributed by atoms with van der Waals surface area (Å²) in [4.78, 5) is 54.8. The molecule has 0 saturated carbocycles. The number of rotatable bonds is 6. The second-order valence-corrected chi connectivity index (χ2v) is 11.1. The zero-order chi connectivity index (χ0) is 26.3. The van der Waals surface area contributed by atoms with Gasteiger partial charge in [0, 0.05) is 63.0 Å². The molecule has 37 heavy (non-hydrogen) atoms. The van der Waals surface area contributed by atoms with Gasteiger partial charge in [0.2, 0.25) is 0 Å². The van der Waals surface area contributed by atoms with Crippen LogP contribution in [0.1, 0.15) is 31.8 Å². The molecular weight excluding hydrogens is 502 g/mol. The number of phenolic OH excluding ortho intramolecular Hbond substituents is 1. The topological polar surface area (TPSA) is 135 Å². The summed E-state index contributed by atoms with van der Waals surface area (Å²) in [5.74, 6) is -1.37. The molecule has 3 heterocycles. The van der Waals surface area contributed by atoms with Crippen molar-refractivity contribution >= 4 is 30.3 Å². The van der Waals surface area contributed by atoms with Crippen LogP contribution in [0.2, 0.25) is 0 Å². The number of benzene rings is 2. The molecule has 1 aromatic heterocycles. The number of aromatic nitrogens is 1. The molecule has 2 aliphatic rings. The molecule has 1 saturated heterocycles. The highest BCUT2D eigenvalue weighted by molar-refractivity contribution is 7.51. The highest BCUT2D eigenvalue weighted by Gasteiger charge is 2.38. The lowest BCUT2D eigenvalue weighted by Gasteiger charge is -2.35. The molecule has 10 nitrogen and oxygen atoms in total. The monoisotopic (exact) mass is 528 g/mol. The van der Waals surface area contributed by atoms with Crippen molar-refractivity contribution in [1.82, 2.24) is 19.7 Å². The predicted molar refractivity (Wildman–Crippen MR) is 133 cm³/mol. The van der Waals surface area contributed by atoms with Gasteiger partial charge in [0.15, 0.2) is 5.75 Å². The number of piperazine rings is 1. The third-order valence-corrected chi connectivity index (χ3v) is 7.64. The quantitative estimate of drug-likeness (QED) is 0.415. The summed E-state index contributed by atoms with van der Waals surface area (Å²) in [5.41, 5.74) is 1.68. The molecule has 3 N–H and O–H groups in total. The van der Waals surface area contributed by atoms with Crippen molar-refractivity contribution in [2.24, 2.45) is 0 Å². The van der Waals surface area contributed by atoms with E-state index >= 15 is 0 Å². The van der Waals surface area contributed by atoms with E-state index in [-0.39, 0.29) is 54.4 Å². The van der Waals surface area contributed by atoms with Crippen LogP contribution in [0.3, 0.4) is 0 Å².